The van der Waals surface area contributed by atoms with Gasteiger partial charge in [0.15, 0.2) is 17.3 Å². The van der Waals surface area contributed by atoms with Crippen LogP contribution in [-0.2, 0) is 14.3 Å². The van der Waals surface area contributed by atoms with Crippen LogP contribution in [0.5, 0.6) is 11.5 Å². The molecule has 2 atom stereocenters. The molecule has 0 saturated carbocycles. The summed E-state index contributed by atoms with van der Waals surface area (Å²) in [6.07, 6.45) is 3.82. The average Bonchev–Trinajstić information content (AvgIpc) is 3.15. The van der Waals surface area contributed by atoms with E-state index in [0.29, 0.717) is 35.8 Å². The Labute approximate surface area is 164 Å². The molecule has 1 aromatic carbocycles. The Hall–Kier alpha value is -2.63. The molecule has 0 bridgehead atoms. The number of nitrogens with zero attached hydrogens (tertiary/aromatic N) is 1. The predicted octanol–water partition coefficient (Wildman–Crippen LogP) is 3.94. The van der Waals surface area contributed by atoms with Crippen LogP contribution in [0.15, 0.2) is 34.5 Å². The van der Waals surface area contributed by atoms with Crippen molar-refractivity contribution in [1.82, 2.24) is 0 Å². The van der Waals surface area contributed by atoms with E-state index in [9.17, 15) is 9.59 Å². The molecule has 0 saturated heterocycles. The van der Waals surface area contributed by atoms with Crippen LogP contribution in [0.4, 0.5) is 0 Å². The molecule has 1 unspecified atom stereocenters. The normalized spacial score (nSPS) is 23.4. The highest BCUT2D eigenvalue weighted by molar-refractivity contribution is 6.08. The molecule has 2 aliphatic heterocycles. The predicted molar refractivity (Wildman–Crippen MR) is 104 cm³/mol. The number of allylic oxidation sites excluding steroid dienone is 2. The fraction of sp³-hybridized carbons (Fsp3) is 0.500. The summed E-state index contributed by atoms with van der Waals surface area (Å²) in [7, 11) is 0. The van der Waals surface area contributed by atoms with Crippen molar-refractivity contribution in [3.63, 3.8) is 0 Å². The molecule has 6 nitrogen and oxygen atoms in total. The van der Waals surface area contributed by atoms with E-state index in [1.165, 1.54) is 0 Å². The number of rotatable bonds is 5. The van der Waals surface area contributed by atoms with Crippen LogP contribution in [-0.4, -0.2) is 30.9 Å². The van der Waals surface area contributed by atoms with Gasteiger partial charge < -0.3 is 14.2 Å². The zero-order valence-electron chi connectivity index (χ0n) is 16.3. The Bertz CT molecular complexity index is 870. The number of hydrogen-bond acceptors (Lipinski definition) is 6. The molecule has 2 heterocycles. The maximum absolute atomic E-state index is 13.0. The first-order valence-electron chi connectivity index (χ1n) is 9.97. The third-order valence-corrected chi connectivity index (χ3v) is 5.59. The molecule has 0 radical (unpaired) electrons. The van der Waals surface area contributed by atoms with Crippen LogP contribution < -0.4 is 9.47 Å². The van der Waals surface area contributed by atoms with Gasteiger partial charge in [0.25, 0.3) is 0 Å². The van der Waals surface area contributed by atoms with E-state index in [0.717, 1.165) is 36.9 Å². The highest BCUT2D eigenvalue weighted by atomic mass is 16.7. The number of ketones is 1. The van der Waals surface area contributed by atoms with Crippen LogP contribution in [0.25, 0.3) is 0 Å². The Morgan fingerprint density at radius 1 is 1.25 bits per heavy atom. The number of Topliss-reactive ketones (excluding diaryl/α,β-unsaturated/α-hetero) is 1. The molecule has 6 heteroatoms. The van der Waals surface area contributed by atoms with Gasteiger partial charge in [-0.25, -0.2) is 0 Å². The number of carbonyl (C=O) groups is 2. The lowest BCUT2D eigenvalue weighted by Gasteiger charge is -2.34. The van der Waals surface area contributed by atoms with Crippen LogP contribution in [0.3, 0.4) is 0 Å². The van der Waals surface area contributed by atoms with E-state index >= 15 is 0 Å². The van der Waals surface area contributed by atoms with Gasteiger partial charge >= 0.3 is 5.97 Å². The molecule has 28 heavy (non-hydrogen) atoms. The topological polar surface area (TPSA) is 74.2 Å². The molecule has 1 aliphatic carbocycles. The highest BCUT2D eigenvalue weighted by Gasteiger charge is 2.43. The zero-order chi connectivity index (χ0) is 19.7. The average molecular weight is 383 g/mol. The second-order valence-corrected chi connectivity index (χ2v) is 7.48. The number of unbranched alkanes of at least 4 members (excludes halogenated alkanes) is 1. The summed E-state index contributed by atoms with van der Waals surface area (Å²) in [6, 6.07) is 5.63. The van der Waals surface area contributed by atoms with Crippen LogP contribution in [0.1, 0.15) is 57.4 Å². The number of carbonyl (C=O) groups excluding carboxylic acids is 2. The van der Waals surface area contributed by atoms with Crippen molar-refractivity contribution in [3.8, 4) is 11.5 Å². The van der Waals surface area contributed by atoms with Gasteiger partial charge in [-0.15, -0.1) is 0 Å². The SMILES string of the molecule is CCCCOC(=O)C1C(C)=NC2=C(C(=O)CCC2)[C@@H]1c1ccc2c(c1)OCO2. The summed E-state index contributed by atoms with van der Waals surface area (Å²) in [4.78, 5) is 30.5. The van der Waals surface area contributed by atoms with Crippen LogP contribution >= 0.6 is 0 Å². The summed E-state index contributed by atoms with van der Waals surface area (Å²) in [5.74, 6) is 0.0770. The van der Waals surface area contributed by atoms with E-state index in [4.69, 9.17) is 14.2 Å². The second kappa shape index (κ2) is 7.78. The summed E-state index contributed by atoms with van der Waals surface area (Å²) in [5, 5.41) is 0. The largest absolute Gasteiger partial charge is 0.465 e. The molecule has 0 amide bonds. The number of esters is 1. The van der Waals surface area contributed by atoms with Gasteiger partial charge in [-0.3, -0.25) is 14.6 Å². The van der Waals surface area contributed by atoms with Gasteiger partial charge in [-0.1, -0.05) is 19.4 Å². The molecule has 0 aromatic heterocycles. The van der Waals surface area contributed by atoms with E-state index < -0.39 is 11.8 Å². The number of hydrogen-bond donors (Lipinski definition) is 0. The standard InChI is InChI=1S/C22H25NO5/c1-3-4-10-26-22(25)19-13(2)23-15-6-5-7-16(24)21(15)20(19)14-8-9-17-18(11-14)28-12-27-17/h8-9,11,19-20H,3-7,10,12H2,1-2H3/t19?,20-/m1/s1. The number of fused-ring (bicyclic) bond motifs is 1. The summed E-state index contributed by atoms with van der Waals surface area (Å²) in [5.41, 5.74) is 3.04. The minimum Gasteiger partial charge on any atom is -0.465 e. The van der Waals surface area contributed by atoms with E-state index in [-0.39, 0.29) is 18.5 Å². The molecule has 0 fully saturated rings. The van der Waals surface area contributed by atoms with Gasteiger partial charge in [0, 0.05) is 29.3 Å². The van der Waals surface area contributed by atoms with Gasteiger partial charge in [0.05, 0.1) is 6.61 Å². The minimum atomic E-state index is -0.599. The molecule has 0 spiro atoms. The Kier molecular flexibility index (Phi) is 5.20. The zero-order valence-corrected chi connectivity index (χ0v) is 16.3. The highest BCUT2D eigenvalue weighted by Crippen LogP contribution is 2.45. The van der Waals surface area contributed by atoms with Crippen molar-refractivity contribution in [2.24, 2.45) is 10.9 Å². The molecule has 148 valence electrons. The number of aliphatic imine (C=N–C) groups is 1. The molecule has 1 aromatic rings. The van der Waals surface area contributed by atoms with Gasteiger partial charge in [0.2, 0.25) is 6.79 Å². The van der Waals surface area contributed by atoms with Crippen molar-refractivity contribution in [1.29, 1.82) is 0 Å². The lowest BCUT2D eigenvalue weighted by molar-refractivity contribution is -0.146. The Morgan fingerprint density at radius 2 is 2.07 bits per heavy atom. The van der Waals surface area contributed by atoms with Gasteiger partial charge in [-0.05, 0) is 43.9 Å². The fourth-order valence-corrected chi connectivity index (χ4v) is 4.19. The summed E-state index contributed by atoms with van der Waals surface area (Å²) < 4.78 is 16.5. The first-order chi connectivity index (χ1) is 13.6. The summed E-state index contributed by atoms with van der Waals surface area (Å²) in [6.45, 7) is 4.47. The third-order valence-electron chi connectivity index (χ3n) is 5.59. The monoisotopic (exact) mass is 383 g/mol. The van der Waals surface area contributed by atoms with E-state index in [1.54, 1.807) is 0 Å². The van der Waals surface area contributed by atoms with E-state index in [1.807, 2.05) is 32.0 Å². The maximum atomic E-state index is 13.0. The Balaban J connectivity index is 1.76. The number of benzene rings is 1. The number of ether oxygens (including phenoxy) is 3. The first-order valence-corrected chi connectivity index (χ1v) is 9.97. The van der Waals surface area contributed by atoms with Crippen LogP contribution in [0.2, 0.25) is 0 Å². The quantitative estimate of drug-likeness (QED) is 0.569. The van der Waals surface area contributed by atoms with E-state index in [2.05, 4.69) is 4.99 Å². The molecule has 0 N–H and O–H groups in total. The van der Waals surface area contributed by atoms with Crippen molar-refractivity contribution < 1.29 is 23.8 Å². The summed E-state index contributed by atoms with van der Waals surface area (Å²) >= 11 is 0. The van der Waals surface area contributed by atoms with Crippen molar-refractivity contribution >= 4 is 17.5 Å². The molecular formula is C22H25NO5. The minimum absolute atomic E-state index is 0.0755. The Morgan fingerprint density at radius 3 is 2.89 bits per heavy atom. The third kappa shape index (κ3) is 3.32. The fourth-order valence-electron chi connectivity index (χ4n) is 4.19. The molecule has 4 rings (SSSR count). The first kappa shape index (κ1) is 18.7. The smallest absolute Gasteiger partial charge is 0.315 e. The van der Waals surface area contributed by atoms with Gasteiger partial charge in [-0.2, -0.15) is 0 Å². The maximum Gasteiger partial charge on any atom is 0.315 e. The van der Waals surface area contributed by atoms with Crippen LogP contribution in [0, 0.1) is 5.92 Å². The van der Waals surface area contributed by atoms with Crippen molar-refractivity contribution in [3.05, 3.63) is 35.0 Å². The van der Waals surface area contributed by atoms with Gasteiger partial charge in [0.1, 0.15) is 5.92 Å². The lowest BCUT2D eigenvalue weighted by Crippen LogP contribution is -2.37. The van der Waals surface area contributed by atoms with Crippen molar-refractivity contribution in [2.75, 3.05) is 13.4 Å². The molecule has 3 aliphatic rings. The van der Waals surface area contributed by atoms with Crippen molar-refractivity contribution in [2.45, 2.75) is 51.9 Å². The lowest BCUT2D eigenvalue weighted by atomic mass is 9.71. The molecular weight excluding hydrogens is 358 g/mol. The second-order valence-electron chi connectivity index (χ2n) is 7.48.